The summed E-state index contributed by atoms with van der Waals surface area (Å²) in [6.45, 7) is 1.57. The third-order valence-electron chi connectivity index (χ3n) is 5.23. The Hall–Kier alpha value is -3.25. The number of imide groups is 1. The minimum absolute atomic E-state index is 0.326. The van der Waals surface area contributed by atoms with Gasteiger partial charge in [0.15, 0.2) is 0 Å². The van der Waals surface area contributed by atoms with Crippen LogP contribution in [-0.4, -0.2) is 28.7 Å². The summed E-state index contributed by atoms with van der Waals surface area (Å²) < 4.78 is 0.854. The van der Waals surface area contributed by atoms with Crippen molar-refractivity contribution in [1.29, 1.82) is 0 Å². The molecule has 0 saturated carbocycles. The molecule has 0 saturated heterocycles. The molecular weight excluding hydrogens is 444 g/mol. The lowest BCUT2D eigenvalue weighted by Crippen LogP contribution is -2.48. The molecule has 0 aliphatic carbocycles. The van der Waals surface area contributed by atoms with E-state index >= 15 is 0 Å². The first-order chi connectivity index (χ1) is 14.5. The van der Waals surface area contributed by atoms with Crippen LogP contribution in [0.3, 0.4) is 0 Å². The zero-order valence-corrected chi connectivity index (χ0v) is 17.8. The maximum Gasteiger partial charge on any atom is 0.262 e. The molecule has 3 amide bonds. The zero-order valence-electron chi connectivity index (χ0n) is 16.2. The van der Waals surface area contributed by atoms with Gasteiger partial charge in [-0.2, -0.15) is 0 Å². The summed E-state index contributed by atoms with van der Waals surface area (Å²) in [6.07, 6.45) is 0. The highest BCUT2D eigenvalue weighted by atomic mass is 79.9. The van der Waals surface area contributed by atoms with Crippen molar-refractivity contribution in [3.63, 3.8) is 0 Å². The molecule has 0 radical (unpaired) electrons. The van der Waals surface area contributed by atoms with E-state index in [1.165, 1.54) is 0 Å². The fourth-order valence-corrected chi connectivity index (χ4v) is 4.15. The molecule has 4 rings (SSSR count). The Labute approximate surface area is 182 Å². The molecule has 0 aromatic heterocycles. The molecule has 3 aromatic carbocycles. The lowest BCUT2D eigenvalue weighted by molar-refractivity contribution is -0.125. The molecule has 6 heteroatoms. The first-order valence-corrected chi connectivity index (χ1v) is 10.3. The average molecular weight is 463 g/mol. The highest BCUT2D eigenvalue weighted by molar-refractivity contribution is 9.10. The molecule has 0 spiro atoms. The zero-order chi connectivity index (χ0) is 21.3. The Kier molecular flexibility index (Phi) is 5.50. The van der Waals surface area contributed by atoms with Crippen molar-refractivity contribution >= 4 is 33.7 Å². The van der Waals surface area contributed by atoms with E-state index in [-0.39, 0.29) is 0 Å². The molecule has 0 fully saturated rings. The number of hydrogen-bond donors (Lipinski definition) is 1. The number of nitrogens with one attached hydrogen (secondary N) is 1. The largest absolute Gasteiger partial charge is 0.343 e. The van der Waals surface area contributed by atoms with Crippen LogP contribution in [0, 0.1) is 0 Å². The fourth-order valence-electron chi connectivity index (χ4n) is 3.64. The van der Waals surface area contributed by atoms with Gasteiger partial charge in [-0.25, -0.2) is 0 Å². The van der Waals surface area contributed by atoms with Crippen molar-refractivity contribution in [2.75, 3.05) is 0 Å². The van der Waals surface area contributed by atoms with Gasteiger partial charge in [0.25, 0.3) is 11.8 Å². The van der Waals surface area contributed by atoms with E-state index in [2.05, 4.69) is 21.2 Å². The van der Waals surface area contributed by atoms with Gasteiger partial charge < -0.3 is 5.32 Å². The Bertz CT molecular complexity index is 1100. The Balaban J connectivity index is 1.63. The van der Waals surface area contributed by atoms with E-state index in [9.17, 15) is 14.4 Å². The maximum atomic E-state index is 13.2. The van der Waals surface area contributed by atoms with Crippen molar-refractivity contribution in [3.8, 4) is 0 Å². The third kappa shape index (κ3) is 3.55. The molecule has 150 valence electrons. The van der Waals surface area contributed by atoms with Gasteiger partial charge in [-0.1, -0.05) is 76.6 Å². The third-order valence-corrected chi connectivity index (χ3v) is 5.95. The van der Waals surface area contributed by atoms with Crippen LogP contribution in [0.5, 0.6) is 0 Å². The summed E-state index contributed by atoms with van der Waals surface area (Å²) in [6, 6.07) is 22.4. The number of rotatable bonds is 5. The number of amides is 3. The van der Waals surface area contributed by atoms with Gasteiger partial charge >= 0.3 is 0 Å². The monoisotopic (exact) mass is 462 g/mol. The summed E-state index contributed by atoms with van der Waals surface area (Å²) in [4.78, 5) is 39.7. The molecule has 0 unspecified atom stereocenters. The lowest BCUT2D eigenvalue weighted by atomic mass is 9.98. The number of carbonyl (C=O) groups is 3. The molecule has 0 bridgehead atoms. The van der Waals surface area contributed by atoms with Gasteiger partial charge in [0.2, 0.25) is 5.91 Å². The van der Waals surface area contributed by atoms with Crippen molar-refractivity contribution in [1.82, 2.24) is 10.2 Å². The number of halogens is 1. The Morgan fingerprint density at radius 1 is 0.833 bits per heavy atom. The van der Waals surface area contributed by atoms with Gasteiger partial charge in [0.05, 0.1) is 17.2 Å². The first kappa shape index (κ1) is 20.0. The van der Waals surface area contributed by atoms with Crippen LogP contribution in [0.25, 0.3) is 0 Å². The highest BCUT2D eigenvalue weighted by Gasteiger charge is 2.41. The number of carbonyl (C=O) groups excluding carboxylic acids is 3. The minimum atomic E-state index is -0.953. The lowest BCUT2D eigenvalue weighted by Gasteiger charge is -2.26. The van der Waals surface area contributed by atoms with Crippen LogP contribution >= 0.6 is 15.9 Å². The molecule has 1 aliphatic rings. The van der Waals surface area contributed by atoms with E-state index in [1.54, 1.807) is 31.2 Å². The SMILES string of the molecule is C[C@@H](C(=O)N[C@H](c1ccccc1)c1ccccc1Br)N1C(=O)c2ccccc2C1=O. The summed E-state index contributed by atoms with van der Waals surface area (Å²) in [5.74, 6) is -1.31. The van der Waals surface area contributed by atoms with E-state index in [1.807, 2.05) is 54.6 Å². The number of hydrogen-bond acceptors (Lipinski definition) is 3. The summed E-state index contributed by atoms with van der Waals surface area (Å²) in [5, 5.41) is 3.02. The predicted octanol–water partition coefficient (Wildman–Crippen LogP) is 4.34. The molecular formula is C24H19BrN2O3. The summed E-state index contributed by atoms with van der Waals surface area (Å²) >= 11 is 3.56. The normalized spacial score (nSPS) is 14.9. The molecule has 1 aliphatic heterocycles. The molecule has 1 heterocycles. The van der Waals surface area contributed by atoms with Crippen LogP contribution < -0.4 is 5.32 Å². The Morgan fingerprint density at radius 2 is 1.37 bits per heavy atom. The molecule has 30 heavy (non-hydrogen) atoms. The predicted molar refractivity (Wildman–Crippen MR) is 117 cm³/mol. The number of nitrogens with zero attached hydrogens (tertiary/aromatic N) is 1. The average Bonchev–Trinajstić information content (AvgIpc) is 3.03. The second kappa shape index (κ2) is 8.24. The van der Waals surface area contributed by atoms with Crippen LogP contribution in [0.4, 0.5) is 0 Å². The van der Waals surface area contributed by atoms with E-state index in [0.29, 0.717) is 11.1 Å². The quantitative estimate of drug-likeness (QED) is 0.573. The summed E-state index contributed by atoms with van der Waals surface area (Å²) in [5.41, 5.74) is 2.43. The molecule has 2 atom stereocenters. The molecule has 5 nitrogen and oxygen atoms in total. The maximum absolute atomic E-state index is 13.2. The van der Waals surface area contributed by atoms with Gasteiger partial charge in [-0.05, 0) is 36.2 Å². The second-order valence-corrected chi connectivity index (χ2v) is 7.93. The van der Waals surface area contributed by atoms with Crippen molar-refractivity contribution in [2.45, 2.75) is 19.0 Å². The van der Waals surface area contributed by atoms with Crippen molar-refractivity contribution < 1.29 is 14.4 Å². The smallest absolute Gasteiger partial charge is 0.262 e. The topological polar surface area (TPSA) is 66.5 Å². The van der Waals surface area contributed by atoms with Crippen LogP contribution in [0.15, 0.2) is 83.3 Å². The first-order valence-electron chi connectivity index (χ1n) is 9.55. The van der Waals surface area contributed by atoms with E-state index in [0.717, 1.165) is 20.5 Å². The van der Waals surface area contributed by atoms with Gasteiger partial charge in [0.1, 0.15) is 6.04 Å². The number of benzene rings is 3. The van der Waals surface area contributed by atoms with Crippen molar-refractivity contribution in [2.24, 2.45) is 0 Å². The fraction of sp³-hybridized carbons (Fsp3) is 0.125. The van der Waals surface area contributed by atoms with E-state index in [4.69, 9.17) is 0 Å². The van der Waals surface area contributed by atoms with Crippen LogP contribution in [0.2, 0.25) is 0 Å². The summed E-state index contributed by atoms with van der Waals surface area (Å²) in [7, 11) is 0. The molecule has 3 aromatic rings. The van der Waals surface area contributed by atoms with Gasteiger partial charge in [-0.15, -0.1) is 0 Å². The molecule has 1 N–H and O–H groups in total. The Morgan fingerprint density at radius 3 is 1.97 bits per heavy atom. The number of fused-ring (bicyclic) bond motifs is 1. The van der Waals surface area contributed by atoms with Gasteiger partial charge in [-0.3, -0.25) is 19.3 Å². The standard InChI is InChI=1S/C24H19BrN2O3/c1-15(27-23(29)17-11-5-6-12-18(17)24(27)30)22(28)26-21(16-9-3-2-4-10-16)19-13-7-8-14-20(19)25/h2-15,21H,1H3,(H,26,28)/t15-,21+/m0/s1. The van der Waals surface area contributed by atoms with Crippen molar-refractivity contribution in [3.05, 3.63) is 106 Å². The van der Waals surface area contributed by atoms with Crippen LogP contribution in [-0.2, 0) is 4.79 Å². The van der Waals surface area contributed by atoms with E-state index < -0.39 is 29.8 Å². The van der Waals surface area contributed by atoms with Crippen LogP contribution in [0.1, 0.15) is 44.8 Å². The second-order valence-electron chi connectivity index (χ2n) is 7.08. The highest BCUT2D eigenvalue weighted by Crippen LogP contribution is 2.29. The van der Waals surface area contributed by atoms with Gasteiger partial charge in [0, 0.05) is 4.47 Å². The minimum Gasteiger partial charge on any atom is -0.343 e.